The van der Waals surface area contributed by atoms with Crippen molar-refractivity contribution in [1.29, 1.82) is 0 Å². The molecule has 0 radical (unpaired) electrons. The molecule has 0 saturated heterocycles. The summed E-state index contributed by atoms with van der Waals surface area (Å²) in [6.45, 7) is 1.42. The second-order valence-corrected chi connectivity index (χ2v) is 4.72. The molecule has 16 heavy (non-hydrogen) atoms. The Kier molecular flexibility index (Phi) is 3.96. The predicted octanol–water partition coefficient (Wildman–Crippen LogP) is 1.06. The summed E-state index contributed by atoms with van der Waals surface area (Å²) in [6, 6.07) is 1.99. The van der Waals surface area contributed by atoms with Crippen LogP contribution in [0.2, 0.25) is 0 Å². The molecule has 0 aromatic carbocycles. The molecule has 1 unspecified atom stereocenters. The molecule has 1 heterocycles. The van der Waals surface area contributed by atoms with Crippen LogP contribution in [0.15, 0.2) is 12.3 Å². The zero-order chi connectivity index (χ0) is 11.4. The number of aromatic nitrogens is 2. The quantitative estimate of drug-likeness (QED) is 0.785. The number of aryl methyl sites for hydroxylation is 1. The Hall–Kier alpha value is -0.870. The van der Waals surface area contributed by atoms with Gasteiger partial charge < -0.3 is 10.4 Å². The molecule has 1 aliphatic rings. The largest absolute Gasteiger partial charge is 0.392 e. The molecule has 1 aromatic heterocycles. The van der Waals surface area contributed by atoms with E-state index in [1.54, 1.807) is 4.68 Å². The van der Waals surface area contributed by atoms with Gasteiger partial charge in [-0.2, -0.15) is 5.10 Å². The van der Waals surface area contributed by atoms with Gasteiger partial charge in [-0.3, -0.25) is 4.68 Å². The topological polar surface area (TPSA) is 50.1 Å². The van der Waals surface area contributed by atoms with E-state index in [4.69, 9.17) is 0 Å². The molecule has 0 amide bonds. The zero-order valence-electron chi connectivity index (χ0n) is 9.89. The van der Waals surface area contributed by atoms with Gasteiger partial charge in [0.2, 0.25) is 0 Å². The predicted molar refractivity (Wildman–Crippen MR) is 62.9 cm³/mol. The zero-order valence-corrected chi connectivity index (χ0v) is 9.89. The summed E-state index contributed by atoms with van der Waals surface area (Å²) in [4.78, 5) is 0. The average molecular weight is 223 g/mol. The van der Waals surface area contributed by atoms with Gasteiger partial charge in [-0.25, -0.2) is 0 Å². The van der Waals surface area contributed by atoms with Crippen molar-refractivity contribution in [3.05, 3.63) is 18.0 Å². The van der Waals surface area contributed by atoms with Crippen LogP contribution in [0.1, 0.15) is 31.4 Å². The lowest BCUT2D eigenvalue weighted by Crippen LogP contribution is -2.31. The molecule has 0 bridgehead atoms. The van der Waals surface area contributed by atoms with Crippen LogP contribution in [0.5, 0.6) is 0 Å². The maximum atomic E-state index is 9.94. The van der Waals surface area contributed by atoms with Gasteiger partial charge in [-0.05, 0) is 24.8 Å². The lowest BCUT2D eigenvalue weighted by atomic mass is 10.0. The number of hydrogen-bond donors (Lipinski definition) is 2. The Morgan fingerprint density at radius 2 is 2.31 bits per heavy atom. The minimum absolute atomic E-state index is 0.189. The van der Waals surface area contributed by atoms with Crippen LogP contribution in [0.3, 0.4) is 0 Å². The summed E-state index contributed by atoms with van der Waals surface area (Å²) in [5, 5.41) is 17.5. The molecule has 1 fully saturated rings. The number of nitrogens with one attached hydrogen (secondary N) is 1. The first kappa shape index (κ1) is 11.6. The minimum Gasteiger partial charge on any atom is -0.392 e. The van der Waals surface area contributed by atoms with Crippen LogP contribution >= 0.6 is 0 Å². The smallest absolute Gasteiger partial charge is 0.0762 e. The van der Waals surface area contributed by atoms with Crippen LogP contribution in [0, 0.1) is 5.92 Å². The third kappa shape index (κ3) is 3.06. The Morgan fingerprint density at radius 1 is 1.56 bits per heavy atom. The van der Waals surface area contributed by atoms with Crippen LogP contribution in [-0.2, 0) is 13.6 Å². The Morgan fingerprint density at radius 3 is 2.94 bits per heavy atom. The molecular formula is C12H21N3O. The highest BCUT2D eigenvalue weighted by molar-refractivity contribution is 4.97. The van der Waals surface area contributed by atoms with Gasteiger partial charge >= 0.3 is 0 Å². The van der Waals surface area contributed by atoms with E-state index in [0.717, 1.165) is 12.2 Å². The molecule has 1 saturated carbocycles. The summed E-state index contributed by atoms with van der Waals surface area (Å²) in [5.41, 5.74) is 1.03. The van der Waals surface area contributed by atoms with E-state index in [2.05, 4.69) is 10.4 Å². The second kappa shape index (κ2) is 5.46. The second-order valence-electron chi connectivity index (χ2n) is 4.72. The van der Waals surface area contributed by atoms with Crippen LogP contribution in [-0.4, -0.2) is 27.5 Å². The van der Waals surface area contributed by atoms with Gasteiger partial charge in [0.1, 0.15) is 0 Å². The monoisotopic (exact) mass is 223 g/mol. The standard InChI is InChI=1S/C12H21N3O/c1-15-7-6-11(14-15)8-13-9-12(16)10-4-2-3-5-10/h6-7,10,12-13,16H,2-5,8-9H2,1H3. The Bertz CT molecular complexity index is 318. The number of rotatable bonds is 5. The van der Waals surface area contributed by atoms with Crippen molar-refractivity contribution in [2.24, 2.45) is 13.0 Å². The third-order valence-electron chi connectivity index (χ3n) is 3.37. The molecule has 4 nitrogen and oxygen atoms in total. The summed E-state index contributed by atoms with van der Waals surface area (Å²) in [6.07, 6.45) is 6.68. The van der Waals surface area contributed by atoms with Crippen molar-refractivity contribution in [3.63, 3.8) is 0 Å². The highest BCUT2D eigenvalue weighted by atomic mass is 16.3. The molecule has 1 aromatic rings. The Balaban J connectivity index is 1.67. The van der Waals surface area contributed by atoms with Crippen molar-refractivity contribution in [2.45, 2.75) is 38.3 Å². The van der Waals surface area contributed by atoms with Crippen molar-refractivity contribution in [1.82, 2.24) is 15.1 Å². The average Bonchev–Trinajstić information content (AvgIpc) is 2.89. The number of aliphatic hydroxyl groups excluding tert-OH is 1. The van der Waals surface area contributed by atoms with Gasteiger partial charge in [0.05, 0.1) is 11.8 Å². The maximum absolute atomic E-state index is 9.94. The summed E-state index contributed by atoms with van der Waals surface area (Å²) in [5.74, 6) is 0.510. The Labute approximate surface area is 96.7 Å². The van der Waals surface area contributed by atoms with E-state index >= 15 is 0 Å². The van der Waals surface area contributed by atoms with Gasteiger partial charge in [0.15, 0.2) is 0 Å². The summed E-state index contributed by atoms with van der Waals surface area (Å²) in [7, 11) is 1.91. The fraction of sp³-hybridized carbons (Fsp3) is 0.750. The summed E-state index contributed by atoms with van der Waals surface area (Å²) >= 11 is 0. The van der Waals surface area contributed by atoms with Crippen molar-refractivity contribution in [2.75, 3.05) is 6.54 Å². The lowest BCUT2D eigenvalue weighted by Gasteiger charge is -2.17. The fourth-order valence-electron chi connectivity index (χ4n) is 2.41. The maximum Gasteiger partial charge on any atom is 0.0762 e. The lowest BCUT2D eigenvalue weighted by molar-refractivity contribution is 0.109. The molecule has 0 aliphatic heterocycles. The van der Waals surface area contributed by atoms with E-state index in [1.807, 2.05) is 19.3 Å². The first-order valence-electron chi connectivity index (χ1n) is 6.13. The third-order valence-corrected chi connectivity index (χ3v) is 3.37. The minimum atomic E-state index is -0.189. The van der Waals surface area contributed by atoms with Gasteiger partial charge in [0, 0.05) is 26.3 Å². The molecule has 1 atom stereocenters. The van der Waals surface area contributed by atoms with E-state index in [0.29, 0.717) is 12.5 Å². The molecule has 90 valence electrons. The van der Waals surface area contributed by atoms with E-state index in [1.165, 1.54) is 25.7 Å². The van der Waals surface area contributed by atoms with Crippen LogP contribution in [0.25, 0.3) is 0 Å². The number of nitrogens with zero attached hydrogens (tertiary/aromatic N) is 2. The first-order valence-corrected chi connectivity index (χ1v) is 6.13. The van der Waals surface area contributed by atoms with Gasteiger partial charge in [-0.1, -0.05) is 12.8 Å². The highest BCUT2D eigenvalue weighted by Crippen LogP contribution is 2.27. The van der Waals surface area contributed by atoms with Crippen molar-refractivity contribution >= 4 is 0 Å². The van der Waals surface area contributed by atoms with Gasteiger partial charge in [-0.15, -0.1) is 0 Å². The number of hydrogen-bond acceptors (Lipinski definition) is 3. The SMILES string of the molecule is Cn1ccc(CNCC(O)C2CCCC2)n1. The van der Waals surface area contributed by atoms with Crippen molar-refractivity contribution < 1.29 is 5.11 Å². The molecule has 4 heteroatoms. The number of aliphatic hydroxyl groups is 1. The molecule has 0 spiro atoms. The normalized spacial score (nSPS) is 19.1. The van der Waals surface area contributed by atoms with E-state index in [-0.39, 0.29) is 6.10 Å². The van der Waals surface area contributed by atoms with Crippen LogP contribution in [0.4, 0.5) is 0 Å². The first-order chi connectivity index (χ1) is 7.75. The van der Waals surface area contributed by atoms with E-state index in [9.17, 15) is 5.11 Å². The fourth-order valence-corrected chi connectivity index (χ4v) is 2.41. The van der Waals surface area contributed by atoms with Crippen molar-refractivity contribution in [3.8, 4) is 0 Å². The van der Waals surface area contributed by atoms with E-state index < -0.39 is 0 Å². The molecular weight excluding hydrogens is 202 g/mol. The molecule has 1 aliphatic carbocycles. The molecule has 2 N–H and O–H groups in total. The summed E-state index contributed by atoms with van der Waals surface area (Å²) < 4.78 is 1.80. The van der Waals surface area contributed by atoms with Crippen LogP contribution < -0.4 is 5.32 Å². The molecule has 2 rings (SSSR count). The van der Waals surface area contributed by atoms with Gasteiger partial charge in [0.25, 0.3) is 0 Å². The highest BCUT2D eigenvalue weighted by Gasteiger charge is 2.22.